The minimum atomic E-state index is -0.287. The molecule has 0 spiro atoms. The highest BCUT2D eigenvalue weighted by atomic mass is 32.1. The first-order valence-corrected chi connectivity index (χ1v) is 5.68. The highest BCUT2D eigenvalue weighted by molar-refractivity contribution is 7.80. The first-order chi connectivity index (χ1) is 7.12. The van der Waals surface area contributed by atoms with Crippen molar-refractivity contribution in [3.05, 3.63) is 24.0 Å². The summed E-state index contributed by atoms with van der Waals surface area (Å²) in [7, 11) is 2.12. The van der Waals surface area contributed by atoms with Gasteiger partial charge in [0.1, 0.15) is 0 Å². The summed E-state index contributed by atoms with van der Waals surface area (Å²) in [5.74, 6) is 0. The van der Waals surface area contributed by atoms with Crippen LogP contribution in [-0.2, 0) is 5.54 Å². The van der Waals surface area contributed by atoms with E-state index < -0.39 is 0 Å². The fraction of sp³-hybridized carbons (Fsp3) is 0.545. The Balaban J connectivity index is 2.26. The summed E-state index contributed by atoms with van der Waals surface area (Å²) in [4.78, 5) is 7.58. The second-order valence-corrected chi connectivity index (χ2v) is 4.81. The summed E-state index contributed by atoms with van der Waals surface area (Å²) in [6.45, 7) is 2.06. The van der Waals surface area contributed by atoms with E-state index >= 15 is 0 Å². The largest absolute Gasteiger partial charge is 0.320 e. The third kappa shape index (κ3) is 2.17. The Morgan fingerprint density at radius 2 is 2.13 bits per heavy atom. The summed E-state index contributed by atoms with van der Waals surface area (Å²) >= 11 is 4.43. The van der Waals surface area contributed by atoms with Crippen LogP contribution in [-0.4, -0.2) is 30.0 Å². The standard InChI is InChI=1S/C11H17N3S/c1-14-7-4-11(12,5-8-14)10-9(15)3-2-6-13-10/h2-3,6,15H,4-5,7-8,12H2,1H3. The molecule has 82 valence electrons. The second kappa shape index (κ2) is 4.12. The Kier molecular flexibility index (Phi) is 3.00. The lowest BCUT2D eigenvalue weighted by atomic mass is 9.85. The molecule has 0 aliphatic carbocycles. The molecule has 1 aromatic rings. The third-order valence-electron chi connectivity index (χ3n) is 3.14. The lowest BCUT2D eigenvalue weighted by molar-refractivity contribution is 0.186. The molecule has 0 amide bonds. The molecule has 0 unspecified atom stereocenters. The fourth-order valence-electron chi connectivity index (χ4n) is 2.03. The van der Waals surface area contributed by atoms with Crippen LogP contribution < -0.4 is 5.73 Å². The number of hydrogen-bond donors (Lipinski definition) is 2. The van der Waals surface area contributed by atoms with Gasteiger partial charge in [0.25, 0.3) is 0 Å². The van der Waals surface area contributed by atoms with E-state index in [0.29, 0.717) is 0 Å². The van der Waals surface area contributed by atoms with Gasteiger partial charge in [-0.15, -0.1) is 12.6 Å². The molecule has 0 atom stereocenters. The molecule has 0 radical (unpaired) electrons. The van der Waals surface area contributed by atoms with E-state index in [9.17, 15) is 0 Å². The van der Waals surface area contributed by atoms with E-state index in [-0.39, 0.29) is 5.54 Å². The maximum atomic E-state index is 6.41. The van der Waals surface area contributed by atoms with Crippen LogP contribution in [0.4, 0.5) is 0 Å². The van der Waals surface area contributed by atoms with Gasteiger partial charge in [-0.2, -0.15) is 0 Å². The molecule has 0 aromatic carbocycles. The van der Waals surface area contributed by atoms with Gasteiger partial charge >= 0.3 is 0 Å². The summed E-state index contributed by atoms with van der Waals surface area (Å²) in [5, 5.41) is 0. The maximum Gasteiger partial charge on any atom is 0.0736 e. The van der Waals surface area contributed by atoms with E-state index in [1.807, 2.05) is 12.1 Å². The summed E-state index contributed by atoms with van der Waals surface area (Å²) in [6.07, 6.45) is 3.70. The number of likely N-dealkylation sites (tertiary alicyclic amines) is 1. The topological polar surface area (TPSA) is 42.1 Å². The molecule has 2 N–H and O–H groups in total. The average molecular weight is 223 g/mol. The average Bonchev–Trinajstić information content (AvgIpc) is 2.23. The maximum absolute atomic E-state index is 6.41. The van der Waals surface area contributed by atoms with E-state index in [2.05, 4.69) is 29.6 Å². The Labute approximate surface area is 96.1 Å². The van der Waals surface area contributed by atoms with Crippen LogP contribution in [0.25, 0.3) is 0 Å². The molecular formula is C11H17N3S. The second-order valence-electron chi connectivity index (χ2n) is 4.33. The van der Waals surface area contributed by atoms with Crippen molar-refractivity contribution in [1.29, 1.82) is 0 Å². The van der Waals surface area contributed by atoms with Crippen LogP contribution in [0.1, 0.15) is 18.5 Å². The van der Waals surface area contributed by atoms with Gasteiger partial charge in [0.15, 0.2) is 0 Å². The van der Waals surface area contributed by atoms with Crippen LogP contribution in [0.5, 0.6) is 0 Å². The number of aromatic nitrogens is 1. The third-order valence-corrected chi connectivity index (χ3v) is 3.50. The highest BCUT2D eigenvalue weighted by Crippen LogP contribution is 2.31. The van der Waals surface area contributed by atoms with Crippen LogP contribution >= 0.6 is 12.6 Å². The van der Waals surface area contributed by atoms with Crippen molar-refractivity contribution < 1.29 is 0 Å². The number of piperidine rings is 1. The lowest BCUT2D eigenvalue weighted by Crippen LogP contribution is -2.47. The van der Waals surface area contributed by atoms with E-state index in [1.54, 1.807) is 6.20 Å². The number of thiol groups is 1. The molecule has 1 aliphatic rings. The van der Waals surface area contributed by atoms with E-state index in [4.69, 9.17) is 5.73 Å². The number of nitrogens with zero attached hydrogens (tertiary/aromatic N) is 2. The molecule has 4 heteroatoms. The Morgan fingerprint density at radius 3 is 2.73 bits per heavy atom. The van der Waals surface area contributed by atoms with Crippen molar-refractivity contribution in [3.63, 3.8) is 0 Å². The van der Waals surface area contributed by atoms with Crippen molar-refractivity contribution in [1.82, 2.24) is 9.88 Å². The molecule has 0 saturated carbocycles. The summed E-state index contributed by atoms with van der Waals surface area (Å²) in [6, 6.07) is 3.85. The minimum absolute atomic E-state index is 0.287. The SMILES string of the molecule is CN1CCC(N)(c2ncccc2S)CC1. The molecule has 2 heterocycles. The quantitative estimate of drug-likeness (QED) is 0.704. The van der Waals surface area contributed by atoms with Gasteiger partial charge in [0.05, 0.1) is 11.2 Å². The van der Waals surface area contributed by atoms with Crippen LogP contribution in [0.3, 0.4) is 0 Å². The van der Waals surface area contributed by atoms with Gasteiger partial charge in [0.2, 0.25) is 0 Å². The zero-order valence-corrected chi connectivity index (χ0v) is 9.87. The normalized spacial score (nSPS) is 21.5. The smallest absolute Gasteiger partial charge is 0.0736 e. The molecule has 15 heavy (non-hydrogen) atoms. The number of hydrogen-bond acceptors (Lipinski definition) is 4. The van der Waals surface area contributed by atoms with Crippen molar-refractivity contribution >= 4 is 12.6 Å². The zero-order chi connectivity index (χ0) is 10.9. The van der Waals surface area contributed by atoms with Crippen LogP contribution in [0.15, 0.2) is 23.2 Å². The Bertz CT molecular complexity index is 345. The van der Waals surface area contributed by atoms with Gasteiger partial charge in [-0.1, -0.05) is 0 Å². The molecular weight excluding hydrogens is 206 g/mol. The first kappa shape index (κ1) is 10.9. The van der Waals surface area contributed by atoms with Gasteiger partial charge in [-0.25, -0.2) is 0 Å². The number of nitrogens with two attached hydrogens (primary N) is 1. The molecule has 1 saturated heterocycles. The van der Waals surface area contributed by atoms with Gasteiger partial charge < -0.3 is 10.6 Å². The van der Waals surface area contributed by atoms with Crippen molar-refractivity contribution in [3.8, 4) is 0 Å². The summed E-state index contributed by atoms with van der Waals surface area (Å²) < 4.78 is 0. The Morgan fingerprint density at radius 1 is 1.47 bits per heavy atom. The van der Waals surface area contributed by atoms with Crippen LogP contribution in [0, 0.1) is 0 Å². The molecule has 1 fully saturated rings. The predicted octanol–water partition coefficient (Wildman–Crippen LogP) is 1.25. The molecule has 2 rings (SSSR count). The van der Waals surface area contributed by atoms with E-state index in [0.717, 1.165) is 36.5 Å². The van der Waals surface area contributed by atoms with Gasteiger partial charge in [-0.05, 0) is 45.1 Å². The van der Waals surface area contributed by atoms with Crippen molar-refractivity contribution in [2.45, 2.75) is 23.3 Å². The molecule has 1 aromatic heterocycles. The van der Waals surface area contributed by atoms with Crippen LogP contribution in [0.2, 0.25) is 0 Å². The van der Waals surface area contributed by atoms with Gasteiger partial charge in [0, 0.05) is 11.1 Å². The van der Waals surface area contributed by atoms with E-state index in [1.165, 1.54) is 0 Å². The minimum Gasteiger partial charge on any atom is -0.320 e. The molecule has 1 aliphatic heterocycles. The number of rotatable bonds is 1. The molecule has 0 bridgehead atoms. The monoisotopic (exact) mass is 223 g/mol. The Hall–Kier alpha value is -0.580. The predicted molar refractivity (Wildman–Crippen MR) is 64.1 cm³/mol. The first-order valence-electron chi connectivity index (χ1n) is 5.24. The zero-order valence-electron chi connectivity index (χ0n) is 8.98. The lowest BCUT2D eigenvalue weighted by Gasteiger charge is -2.37. The van der Waals surface area contributed by atoms with Crippen molar-refractivity contribution in [2.75, 3.05) is 20.1 Å². The van der Waals surface area contributed by atoms with Gasteiger partial charge in [-0.3, -0.25) is 4.98 Å². The van der Waals surface area contributed by atoms with Crippen molar-refractivity contribution in [2.24, 2.45) is 5.73 Å². The molecule has 3 nitrogen and oxygen atoms in total. The number of pyridine rings is 1. The highest BCUT2D eigenvalue weighted by Gasteiger charge is 2.33. The summed E-state index contributed by atoms with van der Waals surface area (Å²) in [5.41, 5.74) is 7.06. The fourth-order valence-corrected chi connectivity index (χ4v) is 2.40.